The number of nitrogens with zero attached hydrogens (tertiary/aromatic N) is 2. The maximum absolute atomic E-state index is 10.9. The second-order valence-corrected chi connectivity index (χ2v) is 4.58. The number of thioether (sulfide) groups is 1. The van der Waals surface area contributed by atoms with Gasteiger partial charge in [0.05, 0.1) is 4.92 Å². The summed E-state index contributed by atoms with van der Waals surface area (Å²) < 4.78 is 0. The van der Waals surface area contributed by atoms with Crippen LogP contribution >= 0.6 is 11.8 Å². The number of hydrogen-bond acceptors (Lipinski definition) is 7. The first-order valence-electron chi connectivity index (χ1n) is 5.49. The molecule has 7 nitrogen and oxygen atoms in total. The predicted molar refractivity (Wildman–Crippen MR) is 74.8 cm³/mol. The van der Waals surface area contributed by atoms with E-state index in [4.69, 9.17) is 5.84 Å². The fourth-order valence-corrected chi connectivity index (χ4v) is 2.16. The molecule has 0 fully saturated rings. The van der Waals surface area contributed by atoms with E-state index < -0.39 is 4.92 Å². The SMILES string of the molecule is CCC(CSC)Nc1nc(NN)ccc1[N+](=O)[O-]. The topological polar surface area (TPSA) is 106 Å². The van der Waals surface area contributed by atoms with Crippen molar-refractivity contribution in [2.24, 2.45) is 5.84 Å². The third-order valence-electron chi connectivity index (χ3n) is 2.42. The molecule has 8 heteroatoms. The van der Waals surface area contributed by atoms with E-state index >= 15 is 0 Å². The molecule has 0 aliphatic rings. The third-order valence-corrected chi connectivity index (χ3v) is 3.16. The monoisotopic (exact) mass is 271 g/mol. The highest BCUT2D eigenvalue weighted by Gasteiger charge is 2.18. The highest BCUT2D eigenvalue weighted by molar-refractivity contribution is 7.98. The van der Waals surface area contributed by atoms with E-state index in [-0.39, 0.29) is 17.5 Å². The third kappa shape index (κ3) is 3.74. The molecule has 0 aliphatic carbocycles. The molecule has 0 amide bonds. The van der Waals surface area contributed by atoms with Gasteiger partial charge in [0.15, 0.2) is 0 Å². The van der Waals surface area contributed by atoms with Crippen LogP contribution in [0.5, 0.6) is 0 Å². The van der Waals surface area contributed by atoms with Crippen LogP contribution in [-0.2, 0) is 0 Å². The van der Waals surface area contributed by atoms with Gasteiger partial charge in [-0.25, -0.2) is 10.8 Å². The zero-order chi connectivity index (χ0) is 13.5. The van der Waals surface area contributed by atoms with Crippen LogP contribution in [0.25, 0.3) is 0 Å². The largest absolute Gasteiger partial charge is 0.361 e. The molecule has 1 rings (SSSR count). The highest BCUT2D eigenvalue weighted by atomic mass is 32.2. The Hall–Kier alpha value is -1.54. The maximum Gasteiger partial charge on any atom is 0.311 e. The van der Waals surface area contributed by atoms with Gasteiger partial charge in [-0.05, 0) is 18.7 Å². The zero-order valence-corrected chi connectivity index (χ0v) is 11.2. The fraction of sp³-hybridized carbons (Fsp3) is 0.500. The maximum atomic E-state index is 10.9. The lowest BCUT2D eigenvalue weighted by Crippen LogP contribution is -2.23. The molecule has 1 aromatic rings. The lowest BCUT2D eigenvalue weighted by atomic mass is 10.2. The molecule has 1 aromatic heterocycles. The number of rotatable bonds is 7. The number of nitrogen functional groups attached to an aromatic ring is 1. The van der Waals surface area contributed by atoms with Crippen molar-refractivity contribution in [1.82, 2.24) is 4.98 Å². The van der Waals surface area contributed by atoms with Gasteiger partial charge in [0.25, 0.3) is 0 Å². The Balaban J connectivity index is 2.99. The number of nitro groups is 1. The lowest BCUT2D eigenvalue weighted by Gasteiger charge is -2.16. The molecule has 0 saturated carbocycles. The van der Waals surface area contributed by atoms with Crippen molar-refractivity contribution in [3.63, 3.8) is 0 Å². The molecule has 1 atom stereocenters. The van der Waals surface area contributed by atoms with Crippen LogP contribution in [0.3, 0.4) is 0 Å². The summed E-state index contributed by atoms with van der Waals surface area (Å²) in [6.45, 7) is 2.02. The van der Waals surface area contributed by atoms with Crippen molar-refractivity contribution >= 4 is 29.1 Å². The minimum atomic E-state index is -0.457. The van der Waals surface area contributed by atoms with Gasteiger partial charge in [-0.2, -0.15) is 11.8 Å². The molecule has 1 heterocycles. The smallest absolute Gasteiger partial charge is 0.311 e. The normalized spacial score (nSPS) is 11.9. The van der Waals surface area contributed by atoms with Gasteiger partial charge in [0.1, 0.15) is 5.82 Å². The average Bonchev–Trinajstić information content (AvgIpc) is 2.37. The first-order valence-corrected chi connectivity index (χ1v) is 6.89. The second kappa shape index (κ2) is 7.02. The summed E-state index contributed by atoms with van der Waals surface area (Å²) in [4.78, 5) is 14.5. The van der Waals surface area contributed by atoms with Crippen molar-refractivity contribution in [3.8, 4) is 0 Å². The molecule has 0 bridgehead atoms. The summed E-state index contributed by atoms with van der Waals surface area (Å²) in [5.41, 5.74) is 2.33. The van der Waals surface area contributed by atoms with Crippen LogP contribution in [0.1, 0.15) is 13.3 Å². The van der Waals surface area contributed by atoms with Crippen LogP contribution in [0.15, 0.2) is 12.1 Å². The quantitative estimate of drug-likeness (QED) is 0.394. The van der Waals surface area contributed by atoms with E-state index in [1.54, 1.807) is 11.8 Å². The minimum absolute atomic E-state index is 0.0476. The van der Waals surface area contributed by atoms with Gasteiger partial charge in [0, 0.05) is 17.9 Å². The van der Waals surface area contributed by atoms with E-state index in [1.807, 2.05) is 13.2 Å². The summed E-state index contributed by atoms with van der Waals surface area (Å²) in [6.07, 6.45) is 2.85. The van der Waals surface area contributed by atoms with Crippen molar-refractivity contribution < 1.29 is 4.92 Å². The predicted octanol–water partition coefficient (Wildman–Crippen LogP) is 1.83. The second-order valence-electron chi connectivity index (χ2n) is 3.67. The first-order chi connectivity index (χ1) is 8.62. The van der Waals surface area contributed by atoms with E-state index in [1.165, 1.54) is 12.1 Å². The number of anilines is 2. The van der Waals surface area contributed by atoms with Crippen molar-refractivity contribution in [2.75, 3.05) is 22.8 Å². The number of hydrogen-bond donors (Lipinski definition) is 3. The number of hydrazine groups is 1. The molecular weight excluding hydrogens is 254 g/mol. The average molecular weight is 271 g/mol. The molecule has 0 spiro atoms. The minimum Gasteiger partial charge on any atom is -0.361 e. The lowest BCUT2D eigenvalue weighted by molar-refractivity contribution is -0.384. The molecular formula is C10H17N5O2S. The Morgan fingerprint density at radius 1 is 1.61 bits per heavy atom. The van der Waals surface area contributed by atoms with Crippen molar-refractivity contribution in [3.05, 3.63) is 22.2 Å². The molecule has 0 aliphatic heterocycles. The number of nitrogens with two attached hydrogens (primary N) is 1. The number of pyridine rings is 1. The van der Waals surface area contributed by atoms with Crippen LogP contribution in [-0.4, -0.2) is 28.0 Å². The van der Waals surface area contributed by atoms with E-state index in [0.717, 1.165) is 12.2 Å². The molecule has 1 unspecified atom stereocenters. The van der Waals surface area contributed by atoms with E-state index in [0.29, 0.717) is 5.82 Å². The Labute approximate surface area is 110 Å². The summed E-state index contributed by atoms with van der Waals surface area (Å²) in [6, 6.07) is 2.99. The Kier molecular flexibility index (Phi) is 5.66. The Morgan fingerprint density at radius 2 is 2.33 bits per heavy atom. The van der Waals surface area contributed by atoms with Gasteiger partial charge in [-0.15, -0.1) is 0 Å². The Bertz CT molecular complexity index is 415. The Morgan fingerprint density at radius 3 is 2.83 bits per heavy atom. The molecule has 0 radical (unpaired) electrons. The summed E-state index contributed by atoms with van der Waals surface area (Å²) >= 11 is 1.68. The summed E-state index contributed by atoms with van der Waals surface area (Å²) in [7, 11) is 0. The zero-order valence-electron chi connectivity index (χ0n) is 10.3. The molecule has 0 saturated heterocycles. The van der Waals surface area contributed by atoms with Gasteiger partial charge in [0.2, 0.25) is 5.82 Å². The van der Waals surface area contributed by atoms with Gasteiger partial charge in [-0.3, -0.25) is 10.1 Å². The van der Waals surface area contributed by atoms with Gasteiger partial charge in [-0.1, -0.05) is 6.92 Å². The number of aromatic nitrogens is 1. The standard InChI is InChI=1S/C10H17N5O2S/c1-3-7(6-18-2)12-10-8(15(16)17)4-5-9(13-10)14-11/h4-5,7H,3,6,11H2,1-2H3,(H2,12,13,14). The fourth-order valence-electron chi connectivity index (χ4n) is 1.44. The van der Waals surface area contributed by atoms with Crippen LogP contribution < -0.4 is 16.6 Å². The van der Waals surface area contributed by atoms with Crippen molar-refractivity contribution in [1.29, 1.82) is 0 Å². The van der Waals surface area contributed by atoms with Crippen LogP contribution in [0, 0.1) is 10.1 Å². The number of nitrogens with one attached hydrogen (secondary N) is 2. The van der Waals surface area contributed by atoms with E-state index in [2.05, 4.69) is 15.7 Å². The van der Waals surface area contributed by atoms with Crippen LogP contribution in [0.2, 0.25) is 0 Å². The molecule has 100 valence electrons. The van der Waals surface area contributed by atoms with Crippen molar-refractivity contribution in [2.45, 2.75) is 19.4 Å². The first kappa shape index (κ1) is 14.5. The highest BCUT2D eigenvalue weighted by Crippen LogP contribution is 2.25. The summed E-state index contributed by atoms with van der Waals surface area (Å²) in [5.74, 6) is 6.75. The van der Waals surface area contributed by atoms with Crippen LogP contribution in [0.4, 0.5) is 17.3 Å². The molecule has 0 aromatic carbocycles. The van der Waals surface area contributed by atoms with Gasteiger partial charge < -0.3 is 10.7 Å². The van der Waals surface area contributed by atoms with E-state index in [9.17, 15) is 10.1 Å². The molecule has 4 N–H and O–H groups in total. The summed E-state index contributed by atoms with van der Waals surface area (Å²) in [5, 5.41) is 14.0. The van der Waals surface area contributed by atoms with Gasteiger partial charge >= 0.3 is 5.69 Å². The molecule has 18 heavy (non-hydrogen) atoms.